The lowest BCUT2D eigenvalue weighted by molar-refractivity contribution is -0.145. The van der Waals surface area contributed by atoms with Crippen LogP contribution >= 0.6 is 11.6 Å². The number of nitrogens with one attached hydrogen (secondary N) is 2. The SMILES string of the molecule is C[C@@H](O)[C@H](NC(=O)[C@H](CCC(N)=O)NC(=O)c1ccc(Cl)cc1OC[C@H](N)Cc1ccccc1)C(=O)O. The molecule has 8 N–H and O–H groups in total. The standard InChI is InChI=1S/C25H31ClN4O7/c1-14(31)22(25(35)36)30-24(34)19(9-10-21(28)32)29-23(33)18-8-7-16(26)12-20(18)37-13-17(27)11-15-5-3-2-4-6-15/h2-8,12,14,17,19,22,31H,9-11,13,27H2,1H3,(H2,28,32)(H,29,33)(H,30,34)(H,35,36)/t14-,17-,19+,22+/m1/s1. The first-order valence-electron chi connectivity index (χ1n) is 11.5. The summed E-state index contributed by atoms with van der Waals surface area (Å²) in [5.41, 5.74) is 12.4. The van der Waals surface area contributed by atoms with E-state index in [1.807, 2.05) is 30.3 Å². The fraction of sp³-hybridized carbons (Fsp3) is 0.360. The first-order valence-corrected chi connectivity index (χ1v) is 11.9. The fourth-order valence-electron chi connectivity index (χ4n) is 3.41. The number of carbonyl (C=O) groups excluding carboxylic acids is 3. The molecular formula is C25H31ClN4O7. The molecule has 200 valence electrons. The molecule has 11 nitrogen and oxygen atoms in total. The number of carbonyl (C=O) groups is 4. The molecule has 0 radical (unpaired) electrons. The number of aliphatic hydroxyl groups is 1. The molecule has 3 amide bonds. The Morgan fingerprint density at radius 3 is 2.35 bits per heavy atom. The van der Waals surface area contributed by atoms with E-state index in [2.05, 4.69) is 10.6 Å². The molecule has 0 unspecified atom stereocenters. The Hall–Kier alpha value is -3.67. The van der Waals surface area contributed by atoms with Gasteiger partial charge < -0.3 is 37.1 Å². The van der Waals surface area contributed by atoms with Crippen LogP contribution in [-0.2, 0) is 20.8 Å². The monoisotopic (exact) mass is 534 g/mol. The zero-order valence-electron chi connectivity index (χ0n) is 20.2. The molecule has 2 aromatic rings. The van der Waals surface area contributed by atoms with Crippen LogP contribution in [0.5, 0.6) is 5.75 Å². The lowest BCUT2D eigenvalue weighted by atomic mass is 10.1. The van der Waals surface area contributed by atoms with Crippen LogP contribution in [0.2, 0.25) is 5.02 Å². The minimum atomic E-state index is -1.62. The van der Waals surface area contributed by atoms with Gasteiger partial charge in [-0.2, -0.15) is 0 Å². The Bertz CT molecular complexity index is 1100. The van der Waals surface area contributed by atoms with E-state index in [1.165, 1.54) is 25.1 Å². The van der Waals surface area contributed by atoms with Crippen molar-refractivity contribution >= 4 is 35.3 Å². The highest BCUT2D eigenvalue weighted by atomic mass is 35.5. The van der Waals surface area contributed by atoms with Crippen LogP contribution in [0.25, 0.3) is 0 Å². The number of hydrogen-bond acceptors (Lipinski definition) is 7. The zero-order valence-corrected chi connectivity index (χ0v) is 21.0. The summed E-state index contributed by atoms with van der Waals surface area (Å²) in [7, 11) is 0. The van der Waals surface area contributed by atoms with Gasteiger partial charge in [-0.15, -0.1) is 0 Å². The van der Waals surface area contributed by atoms with E-state index < -0.39 is 41.9 Å². The van der Waals surface area contributed by atoms with Crippen molar-refractivity contribution in [2.45, 2.75) is 50.4 Å². The number of benzene rings is 2. The highest BCUT2D eigenvalue weighted by Gasteiger charge is 2.30. The van der Waals surface area contributed by atoms with E-state index in [1.54, 1.807) is 0 Å². The molecule has 0 aliphatic carbocycles. The summed E-state index contributed by atoms with van der Waals surface area (Å²) < 4.78 is 5.79. The third-order valence-corrected chi connectivity index (χ3v) is 5.56. The van der Waals surface area contributed by atoms with Gasteiger partial charge in [-0.25, -0.2) is 4.79 Å². The minimum Gasteiger partial charge on any atom is -0.491 e. The molecular weight excluding hydrogens is 504 g/mol. The van der Waals surface area contributed by atoms with E-state index in [0.29, 0.717) is 11.4 Å². The van der Waals surface area contributed by atoms with Crippen molar-refractivity contribution in [2.75, 3.05) is 6.61 Å². The second kappa shape index (κ2) is 14.2. The number of carboxylic acid groups (broad SMARTS) is 1. The first kappa shape index (κ1) is 29.6. The molecule has 4 atom stereocenters. The van der Waals surface area contributed by atoms with Gasteiger partial charge in [-0.3, -0.25) is 14.4 Å². The number of rotatable bonds is 14. The molecule has 0 fully saturated rings. The van der Waals surface area contributed by atoms with Crippen molar-refractivity contribution in [1.82, 2.24) is 10.6 Å². The number of ether oxygens (including phenoxy) is 1. The van der Waals surface area contributed by atoms with Crippen LogP contribution in [-0.4, -0.2) is 64.7 Å². The molecule has 2 rings (SSSR count). The number of amides is 3. The van der Waals surface area contributed by atoms with Crippen molar-refractivity contribution < 1.29 is 34.1 Å². The van der Waals surface area contributed by atoms with Crippen LogP contribution in [0.3, 0.4) is 0 Å². The van der Waals surface area contributed by atoms with Gasteiger partial charge in [-0.1, -0.05) is 41.9 Å². The Morgan fingerprint density at radius 1 is 1.08 bits per heavy atom. The summed E-state index contributed by atoms with van der Waals surface area (Å²) in [6, 6.07) is 10.5. The van der Waals surface area contributed by atoms with E-state index in [-0.39, 0.29) is 36.8 Å². The largest absolute Gasteiger partial charge is 0.491 e. The van der Waals surface area contributed by atoms with Gasteiger partial charge in [-0.05, 0) is 43.5 Å². The molecule has 0 saturated carbocycles. The topological polar surface area (TPSA) is 194 Å². The maximum Gasteiger partial charge on any atom is 0.328 e. The molecule has 37 heavy (non-hydrogen) atoms. The molecule has 0 aromatic heterocycles. The van der Waals surface area contributed by atoms with Gasteiger partial charge in [0.25, 0.3) is 5.91 Å². The number of hydrogen-bond donors (Lipinski definition) is 6. The molecule has 0 saturated heterocycles. The molecule has 0 aliphatic heterocycles. The smallest absolute Gasteiger partial charge is 0.328 e. The fourth-order valence-corrected chi connectivity index (χ4v) is 3.57. The summed E-state index contributed by atoms with van der Waals surface area (Å²) in [5.74, 6) is -3.72. The van der Waals surface area contributed by atoms with Gasteiger partial charge >= 0.3 is 5.97 Å². The quantitative estimate of drug-likeness (QED) is 0.203. The highest BCUT2D eigenvalue weighted by Crippen LogP contribution is 2.24. The van der Waals surface area contributed by atoms with Crippen LogP contribution in [0.15, 0.2) is 48.5 Å². The van der Waals surface area contributed by atoms with Gasteiger partial charge in [0.2, 0.25) is 11.8 Å². The summed E-state index contributed by atoms with van der Waals surface area (Å²) in [6.45, 7) is 1.26. The summed E-state index contributed by atoms with van der Waals surface area (Å²) in [5, 5.41) is 23.8. The first-order chi connectivity index (χ1) is 17.5. The maximum absolute atomic E-state index is 13.1. The Kier molecular flexibility index (Phi) is 11.3. The Balaban J connectivity index is 2.17. The lowest BCUT2D eigenvalue weighted by Gasteiger charge is -2.23. The van der Waals surface area contributed by atoms with E-state index in [9.17, 15) is 29.4 Å². The minimum absolute atomic E-state index is 0.0403. The zero-order chi connectivity index (χ0) is 27.5. The summed E-state index contributed by atoms with van der Waals surface area (Å²) in [6.07, 6.45) is -1.34. The number of nitrogens with two attached hydrogens (primary N) is 2. The number of primary amides is 1. The van der Waals surface area contributed by atoms with Crippen molar-refractivity contribution in [3.8, 4) is 5.75 Å². The lowest BCUT2D eigenvalue weighted by Crippen LogP contribution is -2.54. The second-order valence-corrected chi connectivity index (χ2v) is 8.93. The van der Waals surface area contributed by atoms with E-state index in [4.69, 9.17) is 27.8 Å². The van der Waals surface area contributed by atoms with Crippen molar-refractivity contribution in [1.29, 1.82) is 0 Å². The predicted molar refractivity (Wildman–Crippen MR) is 136 cm³/mol. The van der Waals surface area contributed by atoms with Crippen LogP contribution < -0.4 is 26.8 Å². The maximum atomic E-state index is 13.1. The second-order valence-electron chi connectivity index (χ2n) is 8.50. The van der Waals surface area contributed by atoms with Gasteiger partial charge in [0, 0.05) is 17.5 Å². The molecule has 12 heteroatoms. The van der Waals surface area contributed by atoms with Crippen molar-refractivity contribution in [2.24, 2.45) is 11.5 Å². The molecule has 2 aromatic carbocycles. The number of carboxylic acids is 1. The average molecular weight is 535 g/mol. The van der Waals surface area contributed by atoms with Crippen molar-refractivity contribution in [3.63, 3.8) is 0 Å². The molecule has 0 bridgehead atoms. The normalized spacial score (nSPS) is 14.1. The summed E-state index contributed by atoms with van der Waals surface area (Å²) in [4.78, 5) is 48.5. The van der Waals surface area contributed by atoms with Crippen LogP contribution in [0, 0.1) is 0 Å². The Labute approximate surface area is 219 Å². The number of aliphatic hydroxyl groups excluding tert-OH is 1. The number of aliphatic carboxylic acids is 1. The van der Waals surface area contributed by atoms with Gasteiger partial charge in [0.05, 0.1) is 11.7 Å². The molecule has 0 spiro atoms. The highest BCUT2D eigenvalue weighted by molar-refractivity contribution is 6.30. The van der Waals surface area contributed by atoms with Crippen LogP contribution in [0.4, 0.5) is 0 Å². The third kappa shape index (κ3) is 9.71. The van der Waals surface area contributed by atoms with E-state index in [0.717, 1.165) is 5.56 Å². The molecule has 0 heterocycles. The van der Waals surface area contributed by atoms with Crippen molar-refractivity contribution in [3.05, 3.63) is 64.7 Å². The Morgan fingerprint density at radius 2 is 1.76 bits per heavy atom. The predicted octanol–water partition coefficient (Wildman–Crippen LogP) is 0.603. The van der Waals surface area contributed by atoms with Crippen LogP contribution in [0.1, 0.15) is 35.7 Å². The van der Waals surface area contributed by atoms with Gasteiger partial charge in [0.1, 0.15) is 18.4 Å². The van der Waals surface area contributed by atoms with E-state index >= 15 is 0 Å². The summed E-state index contributed by atoms with van der Waals surface area (Å²) >= 11 is 6.09. The average Bonchev–Trinajstić information content (AvgIpc) is 2.83. The third-order valence-electron chi connectivity index (χ3n) is 5.33. The number of halogens is 1. The molecule has 0 aliphatic rings. The van der Waals surface area contributed by atoms with Gasteiger partial charge in [0.15, 0.2) is 6.04 Å².